The number of unbranched alkanes of at least 4 members (excludes halogenated alkanes) is 20. The molecule has 0 aliphatic carbocycles. The Morgan fingerprint density at radius 3 is 1.37 bits per heavy atom. The van der Waals surface area contributed by atoms with Gasteiger partial charge in [-0.3, -0.25) is 23.4 Å². The lowest BCUT2D eigenvalue weighted by Crippen LogP contribution is -2.34. The Bertz CT molecular complexity index is 813. The van der Waals surface area contributed by atoms with Crippen molar-refractivity contribution in [3.8, 4) is 0 Å². The first-order valence-corrected chi connectivity index (χ1v) is 19.6. The van der Waals surface area contributed by atoms with Gasteiger partial charge in [0, 0.05) is 12.8 Å². The van der Waals surface area contributed by atoms with Gasteiger partial charge in [-0.05, 0) is 12.8 Å². The number of hydrogen-bond acceptors (Lipinski definition) is 9. The molecule has 0 rings (SSSR count). The molecule has 0 aromatic carbocycles. The number of aliphatic carboxylic acids is 1. The second kappa shape index (κ2) is 30.8. The highest BCUT2D eigenvalue weighted by Crippen LogP contribution is 2.43. The van der Waals surface area contributed by atoms with Crippen LogP contribution in [-0.4, -0.2) is 59.9 Å². The smallest absolute Gasteiger partial charge is 0.472 e. The number of phosphoric ester groups is 1. The van der Waals surface area contributed by atoms with Crippen molar-refractivity contribution in [2.24, 2.45) is 5.73 Å². The van der Waals surface area contributed by atoms with Crippen molar-refractivity contribution in [2.45, 2.75) is 180 Å². The van der Waals surface area contributed by atoms with E-state index < -0.39 is 51.1 Å². The van der Waals surface area contributed by atoms with Crippen LogP contribution in [0.5, 0.6) is 0 Å². The summed E-state index contributed by atoms with van der Waals surface area (Å²) < 4.78 is 32.4. The van der Waals surface area contributed by atoms with E-state index in [1.54, 1.807) is 0 Å². The van der Waals surface area contributed by atoms with Gasteiger partial charge in [0.05, 0.1) is 13.2 Å². The van der Waals surface area contributed by atoms with Gasteiger partial charge in [0.2, 0.25) is 0 Å². The third-order valence-corrected chi connectivity index (χ3v) is 8.81. The van der Waals surface area contributed by atoms with Crippen LogP contribution in [0.3, 0.4) is 0 Å². The SMILES string of the molecule is CCCCCCCCCCCCCCCC(=O)O[C@H](COC(=O)CCCCCCCCCCC)COP(=O)(O)OC[C@H](N)C(=O)O. The number of carbonyl (C=O) groups excluding carboxylic acids is 2. The van der Waals surface area contributed by atoms with Crippen molar-refractivity contribution in [3.63, 3.8) is 0 Å². The highest BCUT2D eigenvalue weighted by molar-refractivity contribution is 7.47. The minimum atomic E-state index is -4.69. The maximum absolute atomic E-state index is 12.5. The van der Waals surface area contributed by atoms with Gasteiger partial charge in [0.1, 0.15) is 12.6 Å². The Balaban J connectivity index is 4.44. The zero-order valence-electron chi connectivity index (χ0n) is 28.9. The topological polar surface area (TPSA) is 172 Å². The third kappa shape index (κ3) is 29.9. The second-order valence-corrected chi connectivity index (χ2v) is 13.8. The molecule has 11 nitrogen and oxygen atoms in total. The lowest BCUT2D eigenvalue weighted by Gasteiger charge is -2.20. The van der Waals surface area contributed by atoms with Gasteiger partial charge in [0.25, 0.3) is 0 Å². The zero-order chi connectivity index (χ0) is 34.3. The molecule has 0 aromatic heterocycles. The molecule has 0 heterocycles. The van der Waals surface area contributed by atoms with E-state index in [0.29, 0.717) is 12.8 Å². The van der Waals surface area contributed by atoms with Crippen molar-refractivity contribution in [1.82, 2.24) is 0 Å². The van der Waals surface area contributed by atoms with E-state index in [1.807, 2.05) is 0 Å². The molecule has 12 heteroatoms. The number of carbonyl (C=O) groups is 3. The fraction of sp³-hybridized carbons (Fsp3) is 0.912. The average Bonchev–Trinajstić information content (AvgIpc) is 3.02. The summed E-state index contributed by atoms with van der Waals surface area (Å²) in [5.74, 6) is -2.37. The van der Waals surface area contributed by atoms with Gasteiger partial charge >= 0.3 is 25.7 Å². The summed E-state index contributed by atoms with van der Waals surface area (Å²) in [7, 11) is -4.69. The minimum absolute atomic E-state index is 0.168. The van der Waals surface area contributed by atoms with Gasteiger partial charge in [-0.15, -0.1) is 0 Å². The predicted octanol–water partition coefficient (Wildman–Crippen LogP) is 8.39. The molecule has 272 valence electrons. The monoisotopic (exact) mass is 679 g/mol. The molecule has 46 heavy (non-hydrogen) atoms. The molecule has 0 aliphatic rings. The Morgan fingerprint density at radius 2 is 0.957 bits per heavy atom. The van der Waals surface area contributed by atoms with Crippen LogP contribution in [0.25, 0.3) is 0 Å². The summed E-state index contributed by atoms with van der Waals surface area (Å²) >= 11 is 0. The highest BCUT2D eigenvalue weighted by Gasteiger charge is 2.28. The molecule has 0 fully saturated rings. The highest BCUT2D eigenvalue weighted by atomic mass is 31.2. The predicted molar refractivity (Wildman–Crippen MR) is 180 cm³/mol. The van der Waals surface area contributed by atoms with Gasteiger partial charge < -0.3 is 25.2 Å². The van der Waals surface area contributed by atoms with Gasteiger partial charge in [-0.25, -0.2) is 4.57 Å². The molecule has 0 amide bonds. The van der Waals surface area contributed by atoms with Crippen LogP contribution in [0.4, 0.5) is 0 Å². The number of phosphoric acid groups is 1. The van der Waals surface area contributed by atoms with E-state index in [4.69, 9.17) is 24.8 Å². The molecule has 0 saturated carbocycles. The molecule has 0 spiro atoms. The Labute approximate surface area is 278 Å². The summed E-state index contributed by atoms with van der Waals surface area (Å²) in [5, 5.41) is 8.83. The van der Waals surface area contributed by atoms with E-state index in [-0.39, 0.29) is 19.4 Å². The standard InChI is InChI=1S/C34H66NO10P/c1-3-5-7-9-11-13-14-15-16-18-20-22-24-26-33(37)45-30(28-43-46(40,41)44-29-31(35)34(38)39)27-42-32(36)25-23-21-19-17-12-10-8-6-4-2/h30-31H,3-29,35H2,1-2H3,(H,38,39)(H,40,41)/t30-,31+/m1/s1. The fourth-order valence-electron chi connectivity index (χ4n) is 4.95. The largest absolute Gasteiger partial charge is 0.480 e. The van der Waals surface area contributed by atoms with Crippen molar-refractivity contribution >= 4 is 25.7 Å². The summed E-state index contributed by atoms with van der Waals surface area (Å²) in [5.41, 5.74) is 5.30. The van der Waals surface area contributed by atoms with Crippen molar-refractivity contribution < 1.29 is 47.5 Å². The van der Waals surface area contributed by atoms with Crippen molar-refractivity contribution in [1.29, 1.82) is 0 Å². The van der Waals surface area contributed by atoms with Gasteiger partial charge in [-0.1, -0.05) is 142 Å². The lowest BCUT2D eigenvalue weighted by molar-refractivity contribution is -0.161. The normalized spacial score (nSPS) is 14.0. The molecule has 0 bridgehead atoms. The molecule has 1 unspecified atom stereocenters. The number of carboxylic acid groups (broad SMARTS) is 1. The number of ether oxygens (including phenoxy) is 2. The van der Waals surface area contributed by atoms with E-state index in [0.717, 1.165) is 38.5 Å². The van der Waals surface area contributed by atoms with Crippen LogP contribution in [0.1, 0.15) is 168 Å². The summed E-state index contributed by atoms with van der Waals surface area (Å²) in [6.07, 6.45) is 24.7. The number of hydrogen-bond donors (Lipinski definition) is 3. The van der Waals surface area contributed by atoms with Crippen molar-refractivity contribution in [3.05, 3.63) is 0 Å². The maximum Gasteiger partial charge on any atom is 0.472 e. The van der Waals surface area contributed by atoms with Crippen LogP contribution in [0, 0.1) is 0 Å². The lowest BCUT2D eigenvalue weighted by atomic mass is 10.0. The van der Waals surface area contributed by atoms with Crippen LogP contribution in [-0.2, 0) is 37.5 Å². The molecular formula is C34H66NO10P. The van der Waals surface area contributed by atoms with E-state index in [9.17, 15) is 23.8 Å². The Morgan fingerprint density at radius 1 is 0.587 bits per heavy atom. The third-order valence-electron chi connectivity index (χ3n) is 7.86. The number of nitrogens with two attached hydrogens (primary N) is 1. The Kier molecular flexibility index (Phi) is 29.8. The average molecular weight is 680 g/mol. The van der Waals surface area contributed by atoms with Crippen LogP contribution in [0.15, 0.2) is 0 Å². The van der Waals surface area contributed by atoms with Crippen LogP contribution in [0.2, 0.25) is 0 Å². The number of rotatable bonds is 34. The summed E-state index contributed by atoms with van der Waals surface area (Å²) in [4.78, 5) is 45.5. The van der Waals surface area contributed by atoms with E-state index in [2.05, 4.69) is 18.4 Å². The molecule has 0 radical (unpaired) electrons. The molecular weight excluding hydrogens is 613 g/mol. The van der Waals surface area contributed by atoms with Crippen LogP contribution >= 0.6 is 7.82 Å². The fourth-order valence-corrected chi connectivity index (χ4v) is 5.72. The summed E-state index contributed by atoms with van der Waals surface area (Å²) in [6.45, 7) is 2.76. The maximum atomic E-state index is 12.5. The summed E-state index contributed by atoms with van der Waals surface area (Å²) in [6, 6.07) is -1.51. The zero-order valence-corrected chi connectivity index (χ0v) is 29.8. The van der Waals surface area contributed by atoms with Crippen molar-refractivity contribution in [2.75, 3.05) is 19.8 Å². The molecule has 3 atom stereocenters. The van der Waals surface area contributed by atoms with E-state index >= 15 is 0 Å². The molecule has 0 saturated heterocycles. The quantitative estimate of drug-likeness (QED) is 0.0339. The number of esters is 2. The van der Waals surface area contributed by atoms with Gasteiger partial charge in [-0.2, -0.15) is 0 Å². The van der Waals surface area contributed by atoms with E-state index in [1.165, 1.54) is 89.9 Å². The number of carboxylic acids is 1. The Hall–Kier alpha value is -1.52. The first-order chi connectivity index (χ1) is 22.1. The second-order valence-electron chi connectivity index (χ2n) is 12.4. The van der Waals surface area contributed by atoms with Gasteiger partial charge in [0.15, 0.2) is 6.10 Å². The molecule has 0 aliphatic heterocycles. The first-order valence-electron chi connectivity index (χ1n) is 18.1. The minimum Gasteiger partial charge on any atom is -0.480 e. The molecule has 0 aromatic rings. The first kappa shape index (κ1) is 44.5. The van der Waals surface area contributed by atoms with Crippen LogP contribution < -0.4 is 5.73 Å². The molecule has 4 N–H and O–H groups in total.